The molecule has 0 bridgehead atoms. The van der Waals surface area contributed by atoms with Gasteiger partial charge in [-0.2, -0.15) is 5.10 Å². The Bertz CT molecular complexity index is 2100. The highest BCUT2D eigenvalue weighted by atomic mass is 35.5. The van der Waals surface area contributed by atoms with Crippen molar-refractivity contribution in [2.75, 3.05) is 41.0 Å². The fourth-order valence-corrected chi connectivity index (χ4v) is 8.17. The number of ether oxygens (including phenoxy) is 3. The van der Waals surface area contributed by atoms with Crippen LogP contribution in [0, 0.1) is 5.41 Å². The number of rotatable bonds is 11. The number of fused-ring (bicyclic) bond motifs is 1. The summed E-state index contributed by atoms with van der Waals surface area (Å²) in [5.74, 6) is 2.09. The van der Waals surface area contributed by atoms with Gasteiger partial charge >= 0.3 is 0 Å². The number of benzene rings is 3. The number of nitrogens with zero attached hydrogens (tertiary/aromatic N) is 4. The lowest BCUT2D eigenvalue weighted by atomic mass is 9.79. The van der Waals surface area contributed by atoms with Crippen molar-refractivity contribution >= 4 is 28.4 Å². The zero-order chi connectivity index (χ0) is 35.3. The average Bonchev–Trinajstić information content (AvgIpc) is 3.73. The Hall–Kier alpha value is -4.68. The number of pyridine rings is 1. The molecular weight excluding hydrogens is 668 g/mol. The number of halogens is 1. The summed E-state index contributed by atoms with van der Waals surface area (Å²) < 4.78 is 19.3. The summed E-state index contributed by atoms with van der Waals surface area (Å²) in [7, 11) is 4.95. The molecule has 3 fully saturated rings. The molecule has 12 heteroatoms. The van der Waals surface area contributed by atoms with Crippen molar-refractivity contribution in [3.8, 4) is 45.5 Å². The Balaban J connectivity index is 1.07. The number of amides is 1. The molecule has 0 atom stereocenters. The molecule has 5 aromatic rings. The van der Waals surface area contributed by atoms with Crippen LogP contribution in [-0.2, 0) is 17.9 Å². The third kappa shape index (κ3) is 6.18. The molecule has 2 aliphatic heterocycles. The van der Waals surface area contributed by atoms with Crippen LogP contribution in [0.1, 0.15) is 30.4 Å². The number of methoxy groups -OCH3 is 3. The van der Waals surface area contributed by atoms with E-state index < -0.39 is 0 Å². The van der Waals surface area contributed by atoms with Gasteiger partial charge in [-0.25, -0.2) is 9.67 Å². The SMILES string of the molecule is COc1cc(-n2ncc3c(-c4cccc(-c5ccc(CN6CC7(CNC(=O)C7)C6)c(OC)n5)c4Cl)cccc32)cc(OC)c1CNC1CC(O)C1. The number of aliphatic hydroxyl groups excluding tert-OH is 1. The highest BCUT2D eigenvalue weighted by molar-refractivity contribution is 6.36. The third-order valence-corrected chi connectivity index (χ3v) is 10.9. The van der Waals surface area contributed by atoms with Gasteiger partial charge in [0.1, 0.15) is 11.5 Å². The van der Waals surface area contributed by atoms with Gasteiger partial charge in [-0.05, 0) is 30.5 Å². The van der Waals surface area contributed by atoms with Crippen molar-refractivity contribution in [1.82, 2.24) is 30.3 Å². The van der Waals surface area contributed by atoms with Crippen LogP contribution in [0.15, 0.2) is 66.9 Å². The van der Waals surface area contributed by atoms with Gasteiger partial charge in [0.25, 0.3) is 0 Å². The lowest BCUT2D eigenvalue weighted by Crippen LogP contribution is -2.56. The second-order valence-corrected chi connectivity index (χ2v) is 14.3. The standard InChI is InChI=1S/C39H41ClN6O5/c1-49-34-14-25(15-35(50-2)31(34)17-41-24-12-26(47)13-24)46-33-9-5-6-27(30(33)18-43-46)28-7-4-8-29(37(28)40)32-11-10-23(38(44-32)51-3)19-45-21-39(22-45)16-36(48)42-20-39/h4-11,14-15,18,24,26,41,47H,12-13,16-17,19-22H2,1-3H3,(H,42,48). The monoisotopic (exact) mass is 708 g/mol. The first-order valence-corrected chi connectivity index (χ1v) is 17.6. The van der Waals surface area contributed by atoms with Crippen LogP contribution in [0.2, 0.25) is 5.02 Å². The van der Waals surface area contributed by atoms with E-state index >= 15 is 0 Å². The zero-order valence-corrected chi connectivity index (χ0v) is 29.7. The molecule has 0 radical (unpaired) electrons. The van der Waals surface area contributed by atoms with Gasteiger partial charge in [-0.3, -0.25) is 9.69 Å². The first kappa shape index (κ1) is 33.5. The van der Waals surface area contributed by atoms with Crippen LogP contribution in [-0.4, -0.2) is 83.8 Å². The zero-order valence-electron chi connectivity index (χ0n) is 28.9. The van der Waals surface area contributed by atoms with E-state index in [4.69, 9.17) is 35.9 Å². The van der Waals surface area contributed by atoms with Crippen molar-refractivity contribution in [3.63, 3.8) is 0 Å². The van der Waals surface area contributed by atoms with Gasteiger partial charge in [0.15, 0.2) is 0 Å². The lowest BCUT2D eigenvalue weighted by Gasteiger charge is -2.47. The molecule has 1 amide bonds. The maximum atomic E-state index is 11.8. The van der Waals surface area contributed by atoms with Crippen molar-refractivity contribution in [3.05, 3.63) is 83.0 Å². The Morgan fingerprint density at radius 3 is 2.39 bits per heavy atom. The van der Waals surface area contributed by atoms with Gasteiger partial charge in [0, 0.05) is 84.8 Å². The molecule has 0 unspecified atom stereocenters. The Kier molecular flexibility index (Phi) is 8.83. The lowest BCUT2D eigenvalue weighted by molar-refractivity contribution is -0.120. The van der Waals surface area contributed by atoms with Crippen LogP contribution in [0.4, 0.5) is 0 Å². The molecule has 2 aromatic heterocycles. The average molecular weight is 709 g/mol. The number of aromatic nitrogens is 3. The van der Waals surface area contributed by atoms with E-state index in [2.05, 4.69) is 27.7 Å². The summed E-state index contributed by atoms with van der Waals surface area (Å²) in [6, 6.07) is 20.3. The molecule has 1 spiro atoms. The number of carbonyl (C=O) groups is 1. The number of carbonyl (C=O) groups excluding carboxylic acids is 1. The van der Waals surface area contributed by atoms with Crippen LogP contribution >= 0.6 is 11.6 Å². The van der Waals surface area contributed by atoms with E-state index in [0.29, 0.717) is 41.9 Å². The predicted octanol–water partition coefficient (Wildman–Crippen LogP) is 5.37. The van der Waals surface area contributed by atoms with Crippen molar-refractivity contribution in [1.29, 1.82) is 0 Å². The van der Waals surface area contributed by atoms with Gasteiger partial charge in [0.05, 0.1) is 61.1 Å². The topological polar surface area (TPSA) is 123 Å². The van der Waals surface area contributed by atoms with Crippen molar-refractivity contribution in [2.24, 2.45) is 5.41 Å². The van der Waals surface area contributed by atoms with Crippen molar-refractivity contribution < 1.29 is 24.1 Å². The maximum absolute atomic E-state index is 11.8. The van der Waals surface area contributed by atoms with Crippen LogP contribution in [0.5, 0.6) is 17.4 Å². The molecule has 2 saturated heterocycles. The first-order chi connectivity index (χ1) is 24.8. The normalized spacial score (nSPS) is 19.5. The Morgan fingerprint density at radius 2 is 1.71 bits per heavy atom. The van der Waals surface area contributed by atoms with Crippen LogP contribution in [0.3, 0.4) is 0 Å². The minimum absolute atomic E-state index is 0.0638. The predicted molar refractivity (Wildman–Crippen MR) is 196 cm³/mol. The smallest absolute Gasteiger partial charge is 0.220 e. The number of aliphatic hydroxyl groups is 1. The molecule has 11 nitrogen and oxygen atoms in total. The van der Waals surface area contributed by atoms with E-state index in [-0.39, 0.29) is 23.5 Å². The molecule has 3 aromatic carbocycles. The second-order valence-electron chi connectivity index (χ2n) is 14.0. The number of nitrogens with one attached hydrogen (secondary N) is 2. The van der Waals surface area contributed by atoms with E-state index in [1.807, 2.05) is 59.4 Å². The molecule has 8 rings (SSSR count). The highest BCUT2D eigenvalue weighted by Gasteiger charge is 2.48. The third-order valence-electron chi connectivity index (χ3n) is 10.5. The largest absolute Gasteiger partial charge is 0.496 e. The minimum Gasteiger partial charge on any atom is -0.496 e. The molecule has 3 N–H and O–H groups in total. The van der Waals surface area contributed by atoms with E-state index in [0.717, 1.165) is 82.6 Å². The van der Waals surface area contributed by atoms with Crippen molar-refractivity contribution in [2.45, 2.75) is 44.5 Å². The van der Waals surface area contributed by atoms with E-state index in [1.54, 1.807) is 21.3 Å². The molecule has 264 valence electrons. The summed E-state index contributed by atoms with van der Waals surface area (Å²) in [4.78, 5) is 19.0. The second kappa shape index (κ2) is 13.5. The van der Waals surface area contributed by atoms with Gasteiger partial charge < -0.3 is 30.0 Å². The highest BCUT2D eigenvalue weighted by Crippen LogP contribution is 2.42. The number of hydrogen-bond donors (Lipinski definition) is 3. The maximum Gasteiger partial charge on any atom is 0.220 e. The summed E-state index contributed by atoms with van der Waals surface area (Å²) >= 11 is 7.20. The fraction of sp³-hybridized carbons (Fsp3) is 0.359. The van der Waals surface area contributed by atoms with E-state index in [1.165, 1.54) is 0 Å². The summed E-state index contributed by atoms with van der Waals surface area (Å²) in [5, 5.41) is 22.5. The molecular formula is C39H41ClN6O5. The molecule has 4 heterocycles. The first-order valence-electron chi connectivity index (χ1n) is 17.2. The molecule has 1 saturated carbocycles. The summed E-state index contributed by atoms with van der Waals surface area (Å²) in [6.07, 6.45) is 3.73. The summed E-state index contributed by atoms with van der Waals surface area (Å²) in [5.41, 5.74) is 7.02. The minimum atomic E-state index is -0.227. The van der Waals surface area contributed by atoms with Gasteiger partial charge in [-0.15, -0.1) is 0 Å². The summed E-state index contributed by atoms with van der Waals surface area (Å²) in [6.45, 7) is 3.77. The Morgan fingerprint density at radius 1 is 0.980 bits per heavy atom. The van der Waals surface area contributed by atoms with Crippen LogP contribution in [0.25, 0.3) is 39.0 Å². The molecule has 3 aliphatic rings. The van der Waals surface area contributed by atoms with Gasteiger partial charge in [0.2, 0.25) is 11.8 Å². The van der Waals surface area contributed by atoms with E-state index in [9.17, 15) is 9.90 Å². The van der Waals surface area contributed by atoms with Crippen LogP contribution < -0.4 is 24.8 Å². The number of likely N-dealkylation sites (tertiary alicyclic amines) is 1. The molecule has 1 aliphatic carbocycles. The van der Waals surface area contributed by atoms with Gasteiger partial charge in [-0.1, -0.05) is 48.0 Å². The molecule has 51 heavy (non-hydrogen) atoms. The fourth-order valence-electron chi connectivity index (χ4n) is 7.84. The number of hydrogen-bond acceptors (Lipinski definition) is 9. The Labute approximate surface area is 301 Å². The quantitative estimate of drug-likeness (QED) is 0.166.